The summed E-state index contributed by atoms with van der Waals surface area (Å²) in [6, 6.07) is 8.71. The standard InChI is InChI=1S/C11H9N3O3/c1-2-16-9-5-3-8(4-6-9)14-10(7-12)11(15)17-13-14/h3-6H,2H2,1H3/p+1. The minimum absolute atomic E-state index is 0.103. The lowest BCUT2D eigenvalue weighted by molar-refractivity contribution is -0.672. The second-order valence-corrected chi connectivity index (χ2v) is 3.20. The van der Waals surface area contributed by atoms with Crippen LogP contribution in [0.2, 0.25) is 0 Å². The van der Waals surface area contributed by atoms with E-state index in [1.165, 1.54) is 4.68 Å². The lowest BCUT2D eigenvalue weighted by Gasteiger charge is -2.00. The Hall–Kier alpha value is -2.55. The zero-order valence-electron chi connectivity index (χ0n) is 9.14. The Kier molecular flexibility index (Phi) is 2.92. The fourth-order valence-electron chi connectivity index (χ4n) is 1.41. The van der Waals surface area contributed by atoms with Gasteiger partial charge in [-0.25, -0.2) is 4.79 Å². The summed E-state index contributed by atoms with van der Waals surface area (Å²) in [5, 5.41) is 11.2. The summed E-state index contributed by atoms with van der Waals surface area (Å²) in [6.45, 7) is 2.47. The van der Waals surface area contributed by atoms with Gasteiger partial charge in [-0.15, -0.1) is 0 Å². The zero-order chi connectivity index (χ0) is 12.3. The van der Waals surface area contributed by atoms with Crippen LogP contribution in [0.25, 0.3) is 5.69 Å². The van der Waals surface area contributed by atoms with Crippen LogP contribution < -0.4 is 15.0 Å². The van der Waals surface area contributed by atoms with Crippen LogP contribution in [0.4, 0.5) is 0 Å². The number of ether oxygens (including phenoxy) is 1. The normalized spacial score (nSPS) is 9.88. The number of nitrogens with zero attached hydrogens (tertiary/aromatic N) is 2. The maximum atomic E-state index is 11.1. The lowest BCUT2D eigenvalue weighted by atomic mass is 10.3. The number of hydrogen-bond donors (Lipinski definition) is 1. The van der Waals surface area contributed by atoms with Gasteiger partial charge in [0.15, 0.2) is 6.07 Å². The summed E-state index contributed by atoms with van der Waals surface area (Å²) in [7, 11) is 0. The van der Waals surface area contributed by atoms with Gasteiger partial charge in [0.05, 0.1) is 6.61 Å². The first-order chi connectivity index (χ1) is 8.26. The van der Waals surface area contributed by atoms with Crippen LogP contribution in [-0.2, 0) is 0 Å². The Morgan fingerprint density at radius 2 is 2.18 bits per heavy atom. The molecule has 0 saturated carbocycles. The Balaban J connectivity index is 2.40. The molecule has 0 saturated heterocycles. The van der Waals surface area contributed by atoms with Crippen molar-refractivity contribution in [2.45, 2.75) is 6.92 Å². The highest BCUT2D eigenvalue weighted by molar-refractivity contribution is 5.31. The Morgan fingerprint density at radius 3 is 2.76 bits per heavy atom. The van der Waals surface area contributed by atoms with Crippen molar-refractivity contribution in [1.82, 2.24) is 5.27 Å². The van der Waals surface area contributed by atoms with Crippen LogP contribution >= 0.6 is 0 Å². The summed E-state index contributed by atoms with van der Waals surface area (Å²) < 4.78 is 11.1. The highest BCUT2D eigenvalue weighted by Crippen LogP contribution is 2.11. The minimum Gasteiger partial charge on any atom is -0.494 e. The van der Waals surface area contributed by atoms with Gasteiger partial charge in [-0.3, -0.25) is 4.52 Å². The molecule has 6 nitrogen and oxygen atoms in total. The maximum Gasteiger partial charge on any atom is 0.446 e. The molecule has 0 aliphatic rings. The van der Waals surface area contributed by atoms with E-state index in [0.717, 1.165) is 5.75 Å². The predicted octanol–water partition coefficient (Wildman–Crippen LogP) is 0.515. The summed E-state index contributed by atoms with van der Waals surface area (Å²) in [5.41, 5.74) is -0.175. The maximum absolute atomic E-state index is 11.1. The van der Waals surface area contributed by atoms with Gasteiger partial charge in [-0.05, 0) is 29.0 Å². The molecule has 0 radical (unpaired) electrons. The number of nitrogens with one attached hydrogen (secondary N) is 1. The van der Waals surface area contributed by atoms with Crippen LogP contribution in [-0.4, -0.2) is 11.9 Å². The van der Waals surface area contributed by atoms with Crippen molar-refractivity contribution in [3.8, 4) is 17.5 Å². The highest BCUT2D eigenvalue weighted by atomic mass is 16.5. The summed E-state index contributed by atoms with van der Waals surface area (Å²) in [5.74, 6) is 0.723. The van der Waals surface area contributed by atoms with E-state index in [4.69, 9.17) is 10.00 Å². The molecule has 2 rings (SSSR count). The molecule has 0 amide bonds. The van der Waals surface area contributed by atoms with Gasteiger partial charge in [0, 0.05) is 12.1 Å². The highest BCUT2D eigenvalue weighted by Gasteiger charge is 2.22. The molecule has 0 aliphatic heterocycles. The average molecular weight is 232 g/mol. The Morgan fingerprint density at radius 1 is 1.47 bits per heavy atom. The first-order valence-corrected chi connectivity index (χ1v) is 5.03. The molecule has 2 aromatic rings. The van der Waals surface area contributed by atoms with E-state index >= 15 is 0 Å². The fraction of sp³-hybridized carbons (Fsp3) is 0.182. The molecule has 0 aliphatic carbocycles. The molecule has 0 atom stereocenters. The molecule has 86 valence electrons. The molecule has 0 fully saturated rings. The first kappa shape index (κ1) is 11.0. The van der Waals surface area contributed by atoms with Crippen LogP contribution in [0.5, 0.6) is 5.75 Å². The van der Waals surface area contributed by atoms with Crippen molar-refractivity contribution in [2.24, 2.45) is 0 Å². The second-order valence-electron chi connectivity index (χ2n) is 3.20. The van der Waals surface area contributed by atoms with E-state index in [1.54, 1.807) is 30.3 Å². The monoisotopic (exact) mass is 232 g/mol. The van der Waals surface area contributed by atoms with Crippen molar-refractivity contribution in [1.29, 1.82) is 5.26 Å². The molecule has 1 aromatic carbocycles. The number of nitriles is 1. The van der Waals surface area contributed by atoms with Crippen molar-refractivity contribution in [3.63, 3.8) is 0 Å². The van der Waals surface area contributed by atoms with Gasteiger partial charge >= 0.3 is 11.3 Å². The smallest absolute Gasteiger partial charge is 0.446 e. The molecule has 6 heteroatoms. The van der Waals surface area contributed by atoms with Crippen LogP contribution in [0.3, 0.4) is 0 Å². The van der Waals surface area contributed by atoms with Crippen LogP contribution in [0.1, 0.15) is 12.6 Å². The summed E-state index contributed by atoms with van der Waals surface area (Å²) >= 11 is 0. The van der Waals surface area contributed by atoms with E-state index in [0.29, 0.717) is 12.3 Å². The van der Waals surface area contributed by atoms with Gasteiger partial charge < -0.3 is 4.74 Å². The minimum atomic E-state index is -0.693. The van der Waals surface area contributed by atoms with Gasteiger partial charge in [0.25, 0.3) is 0 Å². The van der Waals surface area contributed by atoms with Crippen molar-refractivity contribution >= 4 is 0 Å². The van der Waals surface area contributed by atoms with Crippen molar-refractivity contribution in [3.05, 3.63) is 40.4 Å². The zero-order valence-corrected chi connectivity index (χ0v) is 9.14. The Bertz CT molecular complexity index is 604. The summed E-state index contributed by atoms with van der Waals surface area (Å²) in [6.07, 6.45) is 0. The molecule has 17 heavy (non-hydrogen) atoms. The first-order valence-electron chi connectivity index (χ1n) is 5.03. The molecular formula is C11H10N3O3+. The number of hydrogen-bond acceptors (Lipinski definition) is 4. The van der Waals surface area contributed by atoms with Gasteiger partial charge in [0.1, 0.15) is 5.75 Å². The van der Waals surface area contributed by atoms with Crippen molar-refractivity contribution in [2.75, 3.05) is 6.61 Å². The van der Waals surface area contributed by atoms with Gasteiger partial charge in [-0.1, -0.05) is 0 Å². The number of aromatic nitrogens is 2. The molecule has 1 heterocycles. The molecule has 1 N–H and O–H groups in total. The molecule has 0 unspecified atom stereocenters. The topological polar surface area (TPSA) is 82.9 Å². The van der Waals surface area contributed by atoms with Crippen LogP contribution in [0, 0.1) is 11.3 Å². The molecule has 1 aromatic heterocycles. The van der Waals surface area contributed by atoms with Crippen molar-refractivity contribution < 1.29 is 13.9 Å². The molecule has 0 bridgehead atoms. The van der Waals surface area contributed by atoms with E-state index in [9.17, 15) is 4.79 Å². The van der Waals surface area contributed by atoms with Gasteiger partial charge in [-0.2, -0.15) is 5.26 Å². The van der Waals surface area contributed by atoms with E-state index in [2.05, 4.69) is 9.79 Å². The number of benzene rings is 1. The molecule has 0 spiro atoms. The average Bonchev–Trinajstić information content (AvgIpc) is 2.72. The fourth-order valence-corrected chi connectivity index (χ4v) is 1.41. The predicted molar refractivity (Wildman–Crippen MR) is 56.7 cm³/mol. The number of aromatic amines is 1. The number of H-pyrrole nitrogens is 1. The summed E-state index contributed by atoms with van der Waals surface area (Å²) in [4.78, 5) is 11.1. The quantitative estimate of drug-likeness (QED) is 0.782. The second kappa shape index (κ2) is 4.53. The van der Waals surface area contributed by atoms with Gasteiger partial charge in [0.2, 0.25) is 5.69 Å². The Labute approximate surface area is 96.6 Å². The largest absolute Gasteiger partial charge is 0.494 e. The third-order valence-electron chi connectivity index (χ3n) is 2.16. The lowest BCUT2D eigenvalue weighted by Crippen LogP contribution is -2.37. The third-order valence-corrected chi connectivity index (χ3v) is 2.16. The van der Waals surface area contributed by atoms with E-state index in [1.807, 2.05) is 6.92 Å². The molecular weight excluding hydrogens is 222 g/mol. The van der Waals surface area contributed by atoms with Crippen LogP contribution in [0.15, 0.2) is 33.6 Å². The SMILES string of the molecule is CCOc1ccc(-[n+]2[nH]oc(=O)c2C#N)cc1. The third kappa shape index (κ3) is 2.03. The van der Waals surface area contributed by atoms with E-state index in [-0.39, 0.29) is 5.69 Å². The number of rotatable bonds is 3. The van der Waals surface area contributed by atoms with E-state index < -0.39 is 5.63 Å².